The molecule has 174 valence electrons. The van der Waals surface area contributed by atoms with Crippen LogP contribution in [0.4, 0.5) is 0 Å². The number of ether oxygens (including phenoxy) is 3. The molecule has 0 fully saturated rings. The van der Waals surface area contributed by atoms with Crippen molar-refractivity contribution in [2.24, 2.45) is 5.16 Å². The maximum atomic E-state index is 11.9. The highest BCUT2D eigenvalue weighted by atomic mass is 79.9. The van der Waals surface area contributed by atoms with Gasteiger partial charge in [-0.2, -0.15) is 0 Å². The van der Waals surface area contributed by atoms with Gasteiger partial charge in [-0.3, -0.25) is 0 Å². The zero-order chi connectivity index (χ0) is 23.9. The fraction of sp³-hybridized carbons (Fsp3) is 0.417. The summed E-state index contributed by atoms with van der Waals surface area (Å²) in [5.74, 6) is 2.07. The Kier molecular flexibility index (Phi) is 9.58. The number of hydrogen-bond acceptors (Lipinski definition) is 6. The van der Waals surface area contributed by atoms with E-state index >= 15 is 0 Å². The molecule has 32 heavy (non-hydrogen) atoms. The van der Waals surface area contributed by atoms with Crippen LogP contribution in [0.25, 0.3) is 0 Å². The average molecular weight is 571 g/mol. The van der Waals surface area contributed by atoms with Crippen molar-refractivity contribution in [3.63, 3.8) is 0 Å². The smallest absolute Gasteiger partial charge is 0.352 e. The third-order valence-corrected chi connectivity index (χ3v) is 6.01. The van der Waals surface area contributed by atoms with E-state index in [4.69, 9.17) is 19.0 Å². The number of esters is 1. The van der Waals surface area contributed by atoms with E-state index < -0.39 is 11.6 Å². The summed E-state index contributed by atoms with van der Waals surface area (Å²) in [5, 5.41) is 3.95. The molecule has 0 aliphatic carbocycles. The van der Waals surface area contributed by atoms with Gasteiger partial charge in [0, 0.05) is 5.56 Å². The van der Waals surface area contributed by atoms with Crippen LogP contribution < -0.4 is 9.47 Å². The highest BCUT2D eigenvalue weighted by Gasteiger charge is 2.31. The lowest BCUT2D eigenvalue weighted by Crippen LogP contribution is -2.35. The summed E-state index contributed by atoms with van der Waals surface area (Å²) in [4.78, 5) is 17.2. The summed E-state index contributed by atoms with van der Waals surface area (Å²) in [6.07, 6.45) is 2.52. The van der Waals surface area contributed by atoms with Gasteiger partial charge in [0.25, 0.3) is 0 Å². The first-order valence-electron chi connectivity index (χ1n) is 10.4. The molecular formula is C24H29Br2NO5. The number of methoxy groups -OCH3 is 1. The van der Waals surface area contributed by atoms with E-state index in [1.807, 2.05) is 30.3 Å². The number of carbonyl (C=O) groups is 1. The number of benzene rings is 2. The zero-order valence-electron chi connectivity index (χ0n) is 19.2. The minimum absolute atomic E-state index is 0.281. The number of nitrogens with zero attached hydrogens (tertiary/aromatic N) is 1. The van der Waals surface area contributed by atoms with Crippen LogP contribution in [0.1, 0.15) is 58.1 Å². The largest absolute Gasteiger partial charge is 0.496 e. The molecule has 0 radical (unpaired) electrons. The normalized spacial score (nSPS) is 12.5. The van der Waals surface area contributed by atoms with Gasteiger partial charge in [-0.05, 0) is 101 Å². The number of halogens is 2. The summed E-state index contributed by atoms with van der Waals surface area (Å²) in [7, 11) is 1.67. The van der Waals surface area contributed by atoms with E-state index in [-0.39, 0.29) is 6.61 Å². The van der Waals surface area contributed by atoms with Gasteiger partial charge in [0.2, 0.25) is 5.60 Å². The van der Waals surface area contributed by atoms with Crippen LogP contribution in [0.3, 0.4) is 0 Å². The Balaban J connectivity index is 2.21. The molecule has 0 aliphatic heterocycles. The first kappa shape index (κ1) is 26.2. The second kappa shape index (κ2) is 11.7. The molecule has 2 rings (SSSR count). The Bertz CT molecular complexity index is 952. The van der Waals surface area contributed by atoms with Crippen molar-refractivity contribution in [1.82, 2.24) is 0 Å². The molecule has 0 aromatic heterocycles. The average Bonchev–Trinajstić information content (AvgIpc) is 2.75. The van der Waals surface area contributed by atoms with Gasteiger partial charge in [-0.1, -0.05) is 19.0 Å². The number of carbonyl (C=O) groups excluding carboxylic acids is 1. The van der Waals surface area contributed by atoms with Crippen molar-refractivity contribution in [1.29, 1.82) is 0 Å². The van der Waals surface area contributed by atoms with E-state index in [0.717, 1.165) is 32.2 Å². The van der Waals surface area contributed by atoms with E-state index in [1.165, 1.54) is 6.21 Å². The Hall–Kier alpha value is -2.06. The second-order valence-electron chi connectivity index (χ2n) is 7.69. The van der Waals surface area contributed by atoms with Gasteiger partial charge < -0.3 is 19.0 Å². The van der Waals surface area contributed by atoms with E-state index in [9.17, 15) is 4.79 Å². The van der Waals surface area contributed by atoms with E-state index in [1.54, 1.807) is 27.9 Å². The molecule has 0 amide bonds. The highest BCUT2D eigenvalue weighted by Crippen LogP contribution is 2.40. The van der Waals surface area contributed by atoms with Crippen LogP contribution in [0.5, 0.6) is 17.2 Å². The zero-order valence-corrected chi connectivity index (χ0v) is 22.4. The van der Waals surface area contributed by atoms with Crippen molar-refractivity contribution >= 4 is 44.0 Å². The predicted octanol–water partition coefficient (Wildman–Crippen LogP) is 7.22. The lowest BCUT2D eigenvalue weighted by Gasteiger charge is -2.19. The minimum atomic E-state index is -1.17. The number of rotatable bonds is 10. The highest BCUT2D eigenvalue weighted by molar-refractivity contribution is 9.11. The quantitative estimate of drug-likeness (QED) is 0.171. The first-order valence-corrected chi connectivity index (χ1v) is 11.9. The Labute approximate surface area is 206 Å². The Morgan fingerprint density at radius 1 is 1.16 bits per heavy atom. The van der Waals surface area contributed by atoms with Crippen molar-refractivity contribution in [3.05, 3.63) is 50.4 Å². The van der Waals surface area contributed by atoms with Crippen molar-refractivity contribution in [2.45, 2.75) is 52.6 Å². The molecule has 1 atom stereocenters. The van der Waals surface area contributed by atoms with Gasteiger partial charge in [-0.25, -0.2) is 4.79 Å². The second-order valence-corrected chi connectivity index (χ2v) is 9.39. The van der Waals surface area contributed by atoms with E-state index in [2.05, 4.69) is 50.9 Å². The number of hydrogen-bond donors (Lipinski definition) is 0. The summed E-state index contributed by atoms with van der Waals surface area (Å²) < 4.78 is 18.1. The summed E-state index contributed by atoms with van der Waals surface area (Å²) in [6.45, 7) is 9.54. The van der Waals surface area contributed by atoms with Gasteiger partial charge in [-0.15, -0.1) is 0 Å². The number of oxime groups is 1. The van der Waals surface area contributed by atoms with Crippen molar-refractivity contribution in [2.75, 3.05) is 13.7 Å². The molecular weight excluding hydrogens is 542 g/mol. The van der Waals surface area contributed by atoms with Crippen molar-refractivity contribution in [3.8, 4) is 17.2 Å². The van der Waals surface area contributed by atoms with Crippen LogP contribution in [0.2, 0.25) is 0 Å². The van der Waals surface area contributed by atoms with Gasteiger partial charge in [0.15, 0.2) is 5.75 Å². The third kappa shape index (κ3) is 6.72. The SMILES string of the molecule is CCOC(=O)C(C)(C)O/N=C\c1cc(Br)c(Oc2ccc(OC)c(C(C)CC)c2)c(Br)c1. The lowest BCUT2D eigenvalue weighted by atomic mass is 9.97. The van der Waals surface area contributed by atoms with Crippen LogP contribution in [-0.2, 0) is 14.4 Å². The molecule has 0 saturated carbocycles. The monoisotopic (exact) mass is 569 g/mol. The maximum Gasteiger partial charge on any atom is 0.352 e. The fourth-order valence-corrected chi connectivity index (χ4v) is 4.20. The van der Waals surface area contributed by atoms with E-state index in [0.29, 0.717) is 17.4 Å². The standard InChI is InChI=1S/C24H29Br2NO5/c1-7-15(3)18-13-17(9-10-21(18)29-6)31-22-19(25)11-16(12-20(22)26)14-27-32-24(4,5)23(28)30-8-2/h9-15H,7-8H2,1-6H3/b27-14-. The molecule has 8 heteroatoms. The molecule has 0 N–H and O–H groups in total. The van der Waals surface area contributed by atoms with Gasteiger partial charge in [0.05, 0.1) is 28.9 Å². The molecule has 0 aliphatic rings. The van der Waals surface area contributed by atoms with Crippen LogP contribution >= 0.6 is 31.9 Å². The lowest BCUT2D eigenvalue weighted by molar-refractivity contribution is -0.167. The molecule has 0 spiro atoms. The molecule has 0 bridgehead atoms. The van der Waals surface area contributed by atoms with Crippen LogP contribution in [0, 0.1) is 0 Å². The summed E-state index contributed by atoms with van der Waals surface area (Å²) >= 11 is 7.13. The molecule has 0 saturated heterocycles. The van der Waals surface area contributed by atoms with Gasteiger partial charge >= 0.3 is 5.97 Å². The summed E-state index contributed by atoms with van der Waals surface area (Å²) in [5.41, 5.74) is 0.682. The summed E-state index contributed by atoms with van der Waals surface area (Å²) in [6, 6.07) is 9.51. The predicted molar refractivity (Wildman–Crippen MR) is 133 cm³/mol. The van der Waals surface area contributed by atoms with Crippen LogP contribution in [0.15, 0.2) is 44.4 Å². The minimum Gasteiger partial charge on any atom is -0.496 e. The van der Waals surface area contributed by atoms with Crippen LogP contribution in [-0.4, -0.2) is 31.5 Å². The first-order chi connectivity index (χ1) is 15.1. The molecule has 0 heterocycles. The molecule has 2 aromatic carbocycles. The van der Waals surface area contributed by atoms with Crippen molar-refractivity contribution < 1.29 is 23.8 Å². The fourth-order valence-electron chi connectivity index (χ4n) is 2.81. The molecule has 1 unspecified atom stereocenters. The Morgan fingerprint density at radius 2 is 1.81 bits per heavy atom. The molecule has 6 nitrogen and oxygen atoms in total. The van der Waals surface area contributed by atoms with Gasteiger partial charge in [0.1, 0.15) is 11.5 Å². The maximum absolute atomic E-state index is 11.9. The Morgan fingerprint density at radius 3 is 2.38 bits per heavy atom. The topological polar surface area (TPSA) is 66.4 Å². The third-order valence-electron chi connectivity index (χ3n) is 4.83. The molecule has 2 aromatic rings.